The topological polar surface area (TPSA) is 149 Å². The maximum absolute atomic E-state index is 13.9. The highest BCUT2D eigenvalue weighted by molar-refractivity contribution is 7.93. The van der Waals surface area contributed by atoms with Crippen molar-refractivity contribution in [2.75, 3.05) is 22.8 Å². The number of aliphatic carboxylic acids is 1. The molecule has 2 aromatic rings. The lowest BCUT2D eigenvalue weighted by atomic mass is 10.1. The lowest BCUT2D eigenvalue weighted by molar-refractivity contribution is -0.242. The number of carbonyl (C=O) groups excluding carboxylic acids is 1. The SMILES string of the molecule is CCOc1nn(CC)cc1S(=O)(=O)N1CC(CCC(=O)O)Oc2ccc(NC(=O)OC(C)(C)C(F)(F)F)cc21. The smallest absolute Gasteiger partial charge is 0.427 e. The number of aryl methyl sites for hydroxylation is 1. The molecule has 1 unspecified atom stereocenters. The molecule has 2 heterocycles. The van der Waals surface area contributed by atoms with E-state index < -0.39 is 40.0 Å². The zero-order chi connectivity index (χ0) is 29.2. The van der Waals surface area contributed by atoms with Crippen LogP contribution in [0.1, 0.15) is 40.5 Å². The number of amides is 1. The van der Waals surface area contributed by atoms with Crippen molar-refractivity contribution in [3.8, 4) is 11.6 Å². The Morgan fingerprint density at radius 2 is 1.95 bits per heavy atom. The average molecular weight is 579 g/mol. The fraction of sp³-hybridized carbons (Fsp3) is 0.522. The minimum atomic E-state index is -4.83. The molecule has 12 nitrogen and oxygen atoms in total. The molecule has 0 saturated heterocycles. The van der Waals surface area contributed by atoms with E-state index in [0.29, 0.717) is 20.4 Å². The number of nitrogens with one attached hydrogen (secondary N) is 1. The van der Waals surface area contributed by atoms with Crippen LogP contribution in [0, 0.1) is 0 Å². The number of hydrogen-bond acceptors (Lipinski definition) is 8. The largest absolute Gasteiger partial charge is 0.486 e. The number of carboxylic acids is 1. The van der Waals surface area contributed by atoms with E-state index in [9.17, 15) is 31.2 Å². The van der Waals surface area contributed by atoms with Crippen molar-refractivity contribution in [3.63, 3.8) is 0 Å². The van der Waals surface area contributed by atoms with Gasteiger partial charge in [-0.05, 0) is 52.3 Å². The molecule has 216 valence electrons. The summed E-state index contributed by atoms with van der Waals surface area (Å²) in [5.74, 6) is -1.18. The van der Waals surface area contributed by atoms with Crippen LogP contribution in [0.4, 0.5) is 29.3 Å². The van der Waals surface area contributed by atoms with E-state index in [0.717, 1.165) is 4.31 Å². The molecule has 1 aliphatic heterocycles. The monoisotopic (exact) mass is 578 g/mol. The van der Waals surface area contributed by atoms with Gasteiger partial charge in [0.15, 0.2) is 4.90 Å². The zero-order valence-corrected chi connectivity index (χ0v) is 22.4. The fourth-order valence-corrected chi connectivity index (χ4v) is 5.14. The maximum atomic E-state index is 13.9. The van der Waals surface area contributed by atoms with Crippen molar-refractivity contribution in [2.24, 2.45) is 0 Å². The van der Waals surface area contributed by atoms with Gasteiger partial charge >= 0.3 is 18.2 Å². The highest BCUT2D eigenvalue weighted by atomic mass is 32.2. The van der Waals surface area contributed by atoms with E-state index in [2.05, 4.69) is 15.2 Å². The van der Waals surface area contributed by atoms with Crippen molar-refractivity contribution in [2.45, 2.75) is 69.9 Å². The Hall–Kier alpha value is -3.69. The van der Waals surface area contributed by atoms with Crippen LogP contribution in [0.15, 0.2) is 29.3 Å². The Bertz CT molecular complexity index is 1330. The number of carboxylic acid groups (broad SMARTS) is 1. The quantitative estimate of drug-likeness (QED) is 0.426. The Morgan fingerprint density at radius 1 is 1.26 bits per heavy atom. The summed E-state index contributed by atoms with van der Waals surface area (Å²) < 4.78 is 85.2. The number of rotatable bonds is 10. The average Bonchev–Trinajstić information content (AvgIpc) is 3.25. The summed E-state index contributed by atoms with van der Waals surface area (Å²) in [6, 6.07) is 3.80. The van der Waals surface area contributed by atoms with Crippen molar-refractivity contribution in [1.82, 2.24) is 9.78 Å². The number of halogens is 3. The molecule has 1 aromatic heterocycles. The van der Waals surface area contributed by atoms with Crippen molar-refractivity contribution in [1.29, 1.82) is 0 Å². The predicted molar refractivity (Wildman–Crippen MR) is 132 cm³/mol. The molecule has 1 atom stereocenters. The van der Waals surface area contributed by atoms with E-state index in [1.807, 2.05) is 0 Å². The van der Waals surface area contributed by atoms with Crippen molar-refractivity contribution >= 4 is 33.5 Å². The minimum Gasteiger partial charge on any atom is -0.486 e. The molecule has 39 heavy (non-hydrogen) atoms. The van der Waals surface area contributed by atoms with Gasteiger partial charge in [0, 0.05) is 24.8 Å². The Kier molecular flexibility index (Phi) is 8.57. The molecular weight excluding hydrogens is 549 g/mol. The van der Waals surface area contributed by atoms with Crippen LogP contribution < -0.4 is 19.1 Å². The van der Waals surface area contributed by atoms with Gasteiger partial charge in [-0.3, -0.25) is 19.1 Å². The van der Waals surface area contributed by atoms with Crippen molar-refractivity contribution < 1.29 is 50.5 Å². The third kappa shape index (κ3) is 6.66. The van der Waals surface area contributed by atoms with Crippen LogP contribution in [0.25, 0.3) is 0 Å². The van der Waals surface area contributed by atoms with E-state index in [1.165, 1.54) is 29.1 Å². The first kappa shape index (κ1) is 29.9. The number of alkyl halides is 3. The van der Waals surface area contributed by atoms with Gasteiger partial charge < -0.3 is 19.3 Å². The van der Waals surface area contributed by atoms with Gasteiger partial charge in [0.25, 0.3) is 15.9 Å². The first-order chi connectivity index (χ1) is 18.1. The molecule has 1 aromatic carbocycles. The van der Waals surface area contributed by atoms with Crippen LogP contribution in [-0.2, 0) is 26.1 Å². The number of hydrogen-bond donors (Lipinski definition) is 2. The highest BCUT2D eigenvalue weighted by Gasteiger charge is 2.51. The third-order valence-electron chi connectivity index (χ3n) is 5.72. The third-order valence-corrected chi connectivity index (χ3v) is 7.48. The van der Waals surface area contributed by atoms with Crippen LogP contribution in [-0.4, -0.2) is 66.4 Å². The lowest BCUT2D eigenvalue weighted by Gasteiger charge is -2.35. The molecule has 3 rings (SSSR count). The number of anilines is 2. The van der Waals surface area contributed by atoms with Gasteiger partial charge in [-0.1, -0.05) is 0 Å². The van der Waals surface area contributed by atoms with Crippen LogP contribution in [0.5, 0.6) is 11.6 Å². The van der Waals surface area contributed by atoms with Gasteiger partial charge in [0.2, 0.25) is 5.60 Å². The van der Waals surface area contributed by atoms with Gasteiger partial charge in [-0.15, -0.1) is 5.10 Å². The summed E-state index contributed by atoms with van der Waals surface area (Å²) in [5, 5.41) is 15.4. The normalized spacial score (nSPS) is 15.8. The van der Waals surface area contributed by atoms with Gasteiger partial charge in [-0.25, -0.2) is 13.2 Å². The molecular formula is C23H29F3N4O8S. The number of fused-ring (bicyclic) bond motifs is 1. The summed E-state index contributed by atoms with van der Waals surface area (Å²) in [6.07, 6.45) is -6.08. The van der Waals surface area contributed by atoms with E-state index in [-0.39, 0.29) is 53.9 Å². The fourth-order valence-electron chi connectivity index (χ4n) is 3.56. The number of benzene rings is 1. The van der Waals surface area contributed by atoms with Gasteiger partial charge in [0.05, 0.1) is 18.8 Å². The highest BCUT2D eigenvalue weighted by Crippen LogP contribution is 2.41. The van der Waals surface area contributed by atoms with E-state index in [1.54, 1.807) is 13.8 Å². The molecule has 1 aliphatic rings. The number of nitrogens with zero attached hydrogens (tertiary/aromatic N) is 3. The summed E-state index contributed by atoms with van der Waals surface area (Å²) >= 11 is 0. The summed E-state index contributed by atoms with van der Waals surface area (Å²) in [6.45, 7) is 4.97. The molecule has 0 radical (unpaired) electrons. The molecule has 16 heteroatoms. The van der Waals surface area contributed by atoms with Crippen LogP contribution in [0.2, 0.25) is 0 Å². The summed E-state index contributed by atoms with van der Waals surface area (Å²) in [5.41, 5.74) is -2.89. The summed E-state index contributed by atoms with van der Waals surface area (Å²) in [7, 11) is -4.38. The standard InChI is InChI=1S/C23H29F3N4O8S/c1-5-29-13-18(20(28-29)36-6-2)39(34,35)30-12-15(8-10-19(31)32)37-17-9-7-14(11-16(17)30)27-21(33)38-22(3,4)23(24,25)26/h7,9,11,13,15H,5-6,8,10,12H2,1-4H3,(H,27,33)(H,31,32). The molecule has 0 fully saturated rings. The summed E-state index contributed by atoms with van der Waals surface area (Å²) in [4.78, 5) is 23.1. The molecule has 0 aliphatic carbocycles. The van der Waals surface area contributed by atoms with E-state index >= 15 is 0 Å². The van der Waals surface area contributed by atoms with Gasteiger partial charge in [-0.2, -0.15) is 13.2 Å². The number of sulfonamides is 1. The number of carbonyl (C=O) groups is 2. The molecule has 0 spiro atoms. The number of ether oxygens (including phenoxy) is 3. The Balaban J connectivity index is 2.01. The minimum absolute atomic E-state index is 0.00775. The van der Waals surface area contributed by atoms with Crippen LogP contribution in [0.3, 0.4) is 0 Å². The second-order valence-electron chi connectivity index (χ2n) is 9.00. The van der Waals surface area contributed by atoms with Crippen molar-refractivity contribution in [3.05, 3.63) is 24.4 Å². The van der Waals surface area contributed by atoms with Crippen LogP contribution >= 0.6 is 0 Å². The first-order valence-electron chi connectivity index (χ1n) is 11.9. The molecule has 2 N–H and O–H groups in total. The predicted octanol–water partition coefficient (Wildman–Crippen LogP) is 4.01. The maximum Gasteiger partial charge on any atom is 0.427 e. The molecule has 0 bridgehead atoms. The second kappa shape index (κ2) is 11.2. The lowest BCUT2D eigenvalue weighted by Crippen LogP contribution is -2.44. The molecule has 1 amide bonds. The Morgan fingerprint density at radius 3 is 2.54 bits per heavy atom. The van der Waals surface area contributed by atoms with E-state index in [4.69, 9.17) is 14.6 Å². The van der Waals surface area contributed by atoms with Gasteiger partial charge in [0.1, 0.15) is 11.9 Å². The zero-order valence-electron chi connectivity index (χ0n) is 21.6. The second-order valence-corrected chi connectivity index (χ2v) is 10.8. The number of aromatic nitrogens is 2. The first-order valence-corrected chi connectivity index (χ1v) is 13.3. The Labute approximate surface area is 222 Å². The molecule has 0 saturated carbocycles.